The number of halogens is 3. The SMILES string of the molecule is CO[C@@H](C)c1ncc(N2CCN(C3CC3)CC2)cc1-c1c(CC(C)(C)COC(C)=O)c2cc(-c3cccc(CC(NC(=O)OC(C)(C)C)C(=O)N4CCCC(C(=O)O)N4)c3)ccc2n1CC(F)(F)F. The fraction of sp³-hybridized carbons (Fsp3) is 0.549. The number of hydrogen-bond donors (Lipinski definition) is 3. The minimum atomic E-state index is -4.62. The predicted octanol–water partition coefficient (Wildman–Crippen LogP) is 8.07. The Bertz CT molecular complexity index is 2530. The van der Waals surface area contributed by atoms with Gasteiger partial charge in [0, 0.05) is 81.1 Å². The number of nitrogens with one attached hydrogen (secondary N) is 2. The highest BCUT2D eigenvalue weighted by Gasteiger charge is 2.37. The van der Waals surface area contributed by atoms with Crippen molar-refractivity contribution in [2.45, 2.75) is 130 Å². The molecule has 1 aliphatic carbocycles. The number of ether oxygens (including phenoxy) is 3. The van der Waals surface area contributed by atoms with Crippen LogP contribution < -0.4 is 15.6 Å². The fourth-order valence-corrected chi connectivity index (χ4v) is 9.38. The lowest BCUT2D eigenvalue weighted by Crippen LogP contribution is -2.60. The lowest BCUT2D eigenvalue weighted by atomic mass is 9.84. The highest BCUT2D eigenvalue weighted by Crippen LogP contribution is 2.44. The van der Waals surface area contributed by atoms with Gasteiger partial charge in [-0.3, -0.25) is 29.3 Å². The average molecular weight is 962 g/mol. The molecule has 7 rings (SSSR count). The number of aromatic nitrogens is 2. The molecule has 18 heteroatoms. The Morgan fingerprint density at radius 2 is 1.65 bits per heavy atom. The van der Waals surface area contributed by atoms with E-state index in [-0.39, 0.29) is 26.0 Å². The minimum absolute atomic E-state index is 0.00516. The highest BCUT2D eigenvalue weighted by atomic mass is 19.4. The molecule has 3 N–H and O–H groups in total. The van der Waals surface area contributed by atoms with Crippen molar-refractivity contribution < 1.29 is 51.7 Å². The van der Waals surface area contributed by atoms with Crippen LogP contribution in [0, 0.1) is 5.41 Å². The summed E-state index contributed by atoms with van der Waals surface area (Å²) in [6.07, 6.45) is -0.839. The topological polar surface area (TPSA) is 168 Å². The summed E-state index contributed by atoms with van der Waals surface area (Å²) in [7, 11) is 1.54. The van der Waals surface area contributed by atoms with Gasteiger partial charge in [-0.25, -0.2) is 10.2 Å². The van der Waals surface area contributed by atoms with Crippen molar-refractivity contribution >= 4 is 40.5 Å². The van der Waals surface area contributed by atoms with Gasteiger partial charge in [0.25, 0.3) is 5.91 Å². The van der Waals surface area contributed by atoms with Crippen molar-refractivity contribution in [3.8, 4) is 22.4 Å². The number of alkyl halides is 3. The second-order valence-corrected chi connectivity index (χ2v) is 20.4. The van der Waals surface area contributed by atoms with Crippen LogP contribution in [-0.2, 0) is 48.0 Å². The van der Waals surface area contributed by atoms with E-state index in [1.54, 1.807) is 58.3 Å². The number of methoxy groups -OCH3 is 1. The largest absolute Gasteiger partial charge is 0.480 e. The second-order valence-electron chi connectivity index (χ2n) is 20.4. The summed E-state index contributed by atoms with van der Waals surface area (Å²) in [6.45, 7) is 14.3. The summed E-state index contributed by atoms with van der Waals surface area (Å²) in [5.74, 6) is -2.11. The maximum atomic E-state index is 15.0. The van der Waals surface area contributed by atoms with Crippen LogP contribution in [-0.4, -0.2) is 125 Å². The Hall–Kier alpha value is -5.72. The number of esters is 1. The van der Waals surface area contributed by atoms with E-state index in [0.717, 1.165) is 31.9 Å². The van der Waals surface area contributed by atoms with Gasteiger partial charge >= 0.3 is 24.2 Å². The highest BCUT2D eigenvalue weighted by molar-refractivity contribution is 5.96. The molecule has 2 aromatic carbocycles. The van der Waals surface area contributed by atoms with E-state index < -0.39 is 65.9 Å². The predicted molar refractivity (Wildman–Crippen MR) is 255 cm³/mol. The van der Waals surface area contributed by atoms with Crippen molar-refractivity contribution in [3.63, 3.8) is 0 Å². The van der Waals surface area contributed by atoms with Gasteiger partial charge in [-0.05, 0) is 100 Å². The van der Waals surface area contributed by atoms with Gasteiger partial charge in [-0.2, -0.15) is 13.2 Å². The first-order chi connectivity index (χ1) is 32.5. The quantitative estimate of drug-likeness (QED) is 0.0926. The molecule has 4 aromatic rings. The number of hydrogen-bond acceptors (Lipinski definition) is 11. The first-order valence-electron chi connectivity index (χ1n) is 23.8. The number of anilines is 1. The van der Waals surface area contributed by atoms with E-state index in [1.165, 1.54) is 29.3 Å². The van der Waals surface area contributed by atoms with Crippen LogP contribution in [0.2, 0.25) is 0 Å². The van der Waals surface area contributed by atoms with Crippen molar-refractivity contribution in [2.24, 2.45) is 5.41 Å². The third kappa shape index (κ3) is 12.9. The maximum absolute atomic E-state index is 15.0. The lowest BCUT2D eigenvalue weighted by molar-refractivity contribution is -0.148. The number of pyridine rings is 1. The van der Waals surface area contributed by atoms with E-state index in [9.17, 15) is 37.5 Å². The average Bonchev–Trinajstić information content (AvgIpc) is 4.11. The molecule has 374 valence electrons. The molecule has 2 saturated heterocycles. The normalized spacial score (nSPS) is 18.2. The molecule has 4 heterocycles. The van der Waals surface area contributed by atoms with Crippen LogP contribution in [0.1, 0.15) is 97.1 Å². The van der Waals surface area contributed by atoms with Crippen LogP contribution in [0.4, 0.5) is 23.7 Å². The number of amides is 2. The molecular weight excluding hydrogens is 896 g/mol. The molecule has 1 saturated carbocycles. The number of carboxylic acid groups (broad SMARTS) is 1. The van der Waals surface area contributed by atoms with Crippen molar-refractivity contribution in [2.75, 3.05) is 51.3 Å². The molecule has 0 bridgehead atoms. The Morgan fingerprint density at radius 3 is 2.29 bits per heavy atom. The zero-order chi connectivity index (χ0) is 50.0. The smallest absolute Gasteiger partial charge is 0.408 e. The Morgan fingerprint density at radius 1 is 0.942 bits per heavy atom. The Balaban J connectivity index is 1.34. The van der Waals surface area contributed by atoms with E-state index in [0.29, 0.717) is 69.0 Å². The molecule has 0 spiro atoms. The number of carbonyl (C=O) groups excluding carboxylic acids is 3. The number of piperazine rings is 1. The first kappa shape index (κ1) is 51.1. The molecule has 69 heavy (non-hydrogen) atoms. The number of nitrogens with zero attached hydrogens (tertiary/aromatic N) is 5. The van der Waals surface area contributed by atoms with Crippen molar-refractivity contribution in [1.29, 1.82) is 0 Å². The van der Waals surface area contributed by atoms with Gasteiger partial charge in [-0.1, -0.05) is 44.2 Å². The molecule has 3 atom stereocenters. The fourth-order valence-electron chi connectivity index (χ4n) is 9.38. The summed E-state index contributed by atoms with van der Waals surface area (Å²) >= 11 is 0. The van der Waals surface area contributed by atoms with E-state index in [2.05, 4.69) is 20.5 Å². The Labute approximate surface area is 401 Å². The van der Waals surface area contributed by atoms with Gasteiger partial charge in [0.2, 0.25) is 0 Å². The monoisotopic (exact) mass is 961 g/mol. The van der Waals surface area contributed by atoms with E-state index >= 15 is 0 Å². The van der Waals surface area contributed by atoms with Gasteiger partial charge in [0.05, 0.1) is 36.0 Å². The van der Waals surface area contributed by atoms with Gasteiger partial charge < -0.3 is 34.1 Å². The van der Waals surface area contributed by atoms with Gasteiger partial charge in [-0.15, -0.1) is 0 Å². The summed E-state index contributed by atoms with van der Waals surface area (Å²) < 4.78 is 63.1. The second kappa shape index (κ2) is 20.7. The molecule has 3 fully saturated rings. The van der Waals surface area contributed by atoms with E-state index in [4.69, 9.17) is 19.2 Å². The van der Waals surface area contributed by atoms with Crippen LogP contribution in [0.25, 0.3) is 33.3 Å². The van der Waals surface area contributed by atoms with Gasteiger partial charge in [0.1, 0.15) is 24.2 Å². The van der Waals surface area contributed by atoms with Crippen LogP contribution in [0.3, 0.4) is 0 Å². The Kier molecular flexibility index (Phi) is 15.3. The number of benzene rings is 2. The number of carbonyl (C=O) groups is 4. The number of fused-ring (bicyclic) bond motifs is 1. The lowest BCUT2D eigenvalue weighted by Gasteiger charge is -2.36. The molecule has 2 amide bonds. The summed E-state index contributed by atoms with van der Waals surface area (Å²) in [6, 6.07) is 13.1. The molecule has 15 nitrogen and oxygen atoms in total. The first-order valence-corrected chi connectivity index (χ1v) is 23.8. The third-order valence-corrected chi connectivity index (χ3v) is 12.9. The van der Waals surface area contributed by atoms with Gasteiger partial charge in [0.15, 0.2) is 0 Å². The molecule has 2 aliphatic heterocycles. The molecule has 2 aromatic heterocycles. The minimum Gasteiger partial charge on any atom is -0.480 e. The van der Waals surface area contributed by atoms with Crippen molar-refractivity contribution in [1.82, 2.24) is 30.2 Å². The summed E-state index contributed by atoms with van der Waals surface area (Å²) in [4.78, 5) is 60.8. The number of aliphatic carboxylic acids is 1. The van der Waals surface area contributed by atoms with Crippen LogP contribution in [0.15, 0.2) is 54.7 Å². The van der Waals surface area contributed by atoms with Crippen LogP contribution >= 0.6 is 0 Å². The maximum Gasteiger partial charge on any atom is 0.408 e. The van der Waals surface area contributed by atoms with Crippen molar-refractivity contribution in [3.05, 3.63) is 71.5 Å². The third-order valence-electron chi connectivity index (χ3n) is 12.9. The standard InChI is InChI=1S/C51H66F3N7O8/c1-31(67-8)44-39(26-37(28-55-44)59-21-19-58(20-22-59)36-15-16-36)45-40(27-50(6,7)30-68-32(2)62)38-25-35(14-17-43(38)60(45)29-51(52,53)54)34-12-9-11-33(23-34)24-42(56-48(66)69-49(3,4)5)46(63)61-18-10-13-41(57-61)47(64)65/h9,11-12,14,17,23,25-26,28,31,36,41-42,57H,10,13,15-16,18-22,24,27,29-30H2,1-8H3,(H,56,66)(H,64,65)/t31-,41?,42?/m0/s1. The molecule has 0 radical (unpaired) electrons. The number of alkyl carbamates (subject to hydrolysis) is 1. The summed E-state index contributed by atoms with van der Waals surface area (Å²) in [5.41, 5.74) is 6.31. The molecule has 3 aliphatic rings. The van der Waals surface area contributed by atoms with E-state index in [1.807, 2.05) is 45.0 Å². The number of carboxylic acids is 1. The number of hydrazine groups is 1. The number of rotatable bonds is 16. The molecule has 2 unspecified atom stereocenters. The van der Waals surface area contributed by atoms with Crippen LogP contribution in [0.5, 0.6) is 0 Å². The summed E-state index contributed by atoms with van der Waals surface area (Å²) in [5, 5.41) is 14.2. The molecular formula is C51H66F3N7O8. The zero-order valence-corrected chi connectivity index (χ0v) is 40.9. The zero-order valence-electron chi connectivity index (χ0n) is 40.9.